The highest BCUT2D eigenvalue weighted by atomic mass is 19.4. The number of halogens is 3. The maximum atomic E-state index is 12.6. The first-order valence-electron chi connectivity index (χ1n) is 5.09. The van der Waals surface area contributed by atoms with E-state index in [1.807, 2.05) is 6.07 Å². The normalized spacial score (nSPS) is 20.0. The quantitative estimate of drug-likeness (QED) is 0.665. The minimum absolute atomic E-state index is 0.00829. The molecule has 1 unspecified atom stereocenters. The summed E-state index contributed by atoms with van der Waals surface area (Å²) in [6, 6.07) is 6.95. The van der Waals surface area contributed by atoms with Crippen molar-refractivity contribution in [3.63, 3.8) is 0 Å². The second-order valence-electron chi connectivity index (χ2n) is 4.08. The molecule has 16 heavy (non-hydrogen) atoms. The zero-order valence-electron chi connectivity index (χ0n) is 8.51. The molecule has 84 valence electrons. The standard InChI is InChI=1S/C12H10F3N/c13-12(14,15)11-4-3-9-2-1-8(7-16)5-10(9)6-11/h1-2,5,11H,3-4,6H2. The minimum atomic E-state index is -4.12. The topological polar surface area (TPSA) is 23.8 Å². The van der Waals surface area contributed by atoms with E-state index in [0.29, 0.717) is 17.5 Å². The Labute approximate surface area is 91.5 Å². The Bertz CT molecular complexity index is 443. The molecule has 1 atom stereocenters. The zero-order chi connectivity index (χ0) is 11.8. The van der Waals surface area contributed by atoms with Gasteiger partial charge >= 0.3 is 6.18 Å². The van der Waals surface area contributed by atoms with Crippen molar-refractivity contribution in [2.45, 2.75) is 25.4 Å². The molecule has 0 radical (unpaired) electrons. The van der Waals surface area contributed by atoms with Gasteiger partial charge in [-0.05, 0) is 42.5 Å². The Balaban J connectivity index is 2.29. The molecule has 1 aliphatic rings. The van der Waals surface area contributed by atoms with E-state index in [2.05, 4.69) is 0 Å². The monoisotopic (exact) mass is 225 g/mol. The Hall–Kier alpha value is -1.50. The number of hydrogen-bond donors (Lipinski definition) is 0. The summed E-state index contributed by atoms with van der Waals surface area (Å²) in [6.07, 6.45) is -3.51. The first-order chi connectivity index (χ1) is 7.50. The van der Waals surface area contributed by atoms with Crippen LogP contribution in [0.2, 0.25) is 0 Å². The Morgan fingerprint density at radius 3 is 2.62 bits per heavy atom. The fraction of sp³-hybridized carbons (Fsp3) is 0.417. The Kier molecular flexibility index (Phi) is 2.63. The van der Waals surface area contributed by atoms with Gasteiger partial charge in [0.1, 0.15) is 0 Å². The highest BCUT2D eigenvalue weighted by Gasteiger charge is 2.40. The lowest BCUT2D eigenvalue weighted by atomic mass is 9.83. The van der Waals surface area contributed by atoms with Crippen LogP contribution < -0.4 is 0 Å². The van der Waals surface area contributed by atoms with Gasteiger partial charge in [-0.15, -0.1) is 0 Å². The molecule has 0 aliphatic heterocycles. The van der Waals surface area contributed by atoms with Gasteiger partial charge in [0.15, 0.2) is 0 Å². The second-order valence-corrected chi connectivity index (χ2v) is 4.08. The lowest BCUT2D eigenvalue weighted by molar-refractivity contribution is -0.177. The molecule has 1 aromatic rings. The van der Waals surface area contributed by atoms with Gasteiger partial charge in [-0.25, -0.2) is 0 Å². The fourth-order valence-electron chi connectivity index (χ4n) is 2.11. The largest absolute Gasteiger partial charge is 0.392 e. The molecule has 0 saturated heterocycles. The van der Waals surface area contributed by atoms with Crippen LogP contribution in [0, 0.1) is 17.2 Å². The average molecular weight is 225 g/mol. The van der Waals surface area contributed by atoms with E-state index in [1.54, 1.807) is 18.2 Å². The van der Waals surface area contributed by atoms with Crippen molar-refractivity contribution in [2.24, 2.45) is 5.92 Å². The van der Waals surface area contributed by atoms with Crippen molar-refractivity contribution in [3.05, 3.63) is 34.9 Å². The summed E-state index contributed by atoms with van der Waals surface area (Å²) in [5.74, 6) is -1.26. The highest BCUT2D eigenvalue weighted by molar-refractivity contribution is 5.39. The van der Waals surface area contributed by atoms with Crippen molar-refractivity contribution >= 4 is 0 Å². The molecule has 1 aromatic carbocycles. The van der Waals surface area contributed by atoms with Crippen LogP contribution in [0.1, 0.15) is 23.1 Å². The number of aryl methyl sites for hydroxylation is 1. The number of fused-ring (bicyclic) bond motifs is 1. The van der Waals surface area contributed by atoms with Gasteiger partial charge in [-0.1, -0.05) is 6.07 Å². The van der Waals surface area contributed by atoms with Crippen molar-refractivity contribution in [1.29, 1.82) is 5.26 Å². The maximum Gasteiger partial charge on any atom is 0.392 e. The van der Waals surface area contributed by atoms with Gasteiger partial charge in [-0.3, -0.25) is 0 Å². The third-order valence-electron chi connectivity index (χ3n) is 3.03. The maximum absolute atomic E-state index is 12.6. The molecule has 0 saturated carbocycles. The first kappa shape index (κ1) is 11.0. The molecule has 2 rings (SSSR count). The van der Waals surface area contributed by atoms with Crippen molar-refractivity contribution in [2.75, 3.05) is 0 Å². The summed E-state index contributed by atoms with van der Waals surface area (Å²) >= 11 is 0. The van der Waals surface area contributed by atoms with Crippen LogP contribution in [-0.4, -0.2) is 6.18 Å². The predicted molar refractivity (Wildman–Crippen MR) is 52.7 cm³/mol. The minimum Gasteiger partial charge on any atom is -0.192 e. The smallest absolute Gasteiger partial charge is 0.192 e. The molecule has 1 aliphatic carbocycles. The van der Waals surface area contributed by atoms with Gasteiger partial charge < -0.3 is 0 Å². The van der Waals surface area contributed by atoms with Gasteiger partial charge in [-0.2, -0.15) is 18.4 Å². The summed E-state index contributed by atoms with van der Waals surface area (Å²) in [6.45, 7) is 0. The van der Waals surface area contributed by atoms with Gasteiger partial charge in [0, 0.05) is 0 Å². The molecule has 0 spiro atoms. The van der Waals surface area contributed by atoms with Crippen molar-refractivity contribution in [1.82, 2.24) is 0 Å². The SMILES string of the molecule is N#Cc1ccc2c(c1)CC(C(F)(F)F)CC2. The lowest BCUT2D eigenvalue weighted by Gasteiger charge is -2.26. The van der Waals surface area contributed by atoms with E-state index in [-0.39, 0.29) is 12.8 Å². The summed E-state index contributed by atoms with van der Waals surface area (Å²) in [5, 5.41) is 8.69. The van der Waals surface area contributed by atoms with Crippen LogP contribution in [0.4, 0.5) is 13.2 Å². The van der Waals surface area contributed by atoms with Crippen LogP contribution in [0.3, 0.4) is 0 Å². The van der Waals surface area contributed by atoms with Gasteiger partial charge in [0.25, 0.3) is 0 Å². The fourth-order valence-corrected chi connectivity index (χ4v) is 2.11. The lowest BCUT2D eigenvalue weighted by Crippen LogP contribution is -2.28. The molecule has 0 fully saturated rings. The number of nitriles is 1. The number of hydrogen-bond acceptors (Lipinski definition) is 1. The molecule has 0 N–H and O–H groups in total. The predicted octanol–water partition coefficient (Wildman–Crippen LogP) is 3.23. The second kappa shape index (κ2) is 3.82. The van der Waals surface area contributed by atoms with Gasteiger partial charge in [0.05, 0.1) is 17.6 Å². The molecular formula is C12H10F3N. The molecule has 0 bridgehead atoms. The van der Waals surface area contributed by atoms with Crippen LogP contribution in [0.5, 0.6) is 0 Å². The Morgan fingerprint density at radius 1 is 1.25 bits per heavy atom. The van der Waals surface area contributed by atoms with E-state index in [0.717, 1.165) is 5.56 Å². The number of benzene rings is 1. The third kappa shape index (κ3) is 2.04. The number of rotatable bonds is 0. The summed E-state index contributed by atoms with van der Waals surface area (Å²) in [7, 11) is 0. The summed E-state index contributed by atoms with van der Waals surface area (Å²) in [4.78, 5) is 0. The zero-order valence-corrected chi connectivity index (χ0v) is 8.51. The number of alkyl halides is 3. The third-order valence-corrected chi connectivity index (χ3v) is 3.03. The van der Waals surface area contributed by atoms with E-state index in [9.17, 15) is 13.2 Å². The molecule has 4 heteroatoms. The summed E-state index contributed by atoms with van der Waals surface area (Å²) in [5.41, 5.74) is 2.05. The van der Waals surface area contributed by atoms with E-state index in [4.69, 9.17) is 5.26 Å². The molecular weight excluding hydrogens is 215 g/mol. The van der Waals surface area contributed by atoms with Crippen LogP contribution in [0.15, 0.2) is 18.2 Å². The molecule has 0 amide bonds. The van der Waals surface area contributed by atoms with Crippen LogP contribution >= 0.6 is 0 Å². The molecule has 1 nitrogen and oxygen atoms in total. The van der Waals surface area contributed by atoms with E-state index >= 15 is 0 Å². The van der Waals surface area contributed by atoms with Crippen molar-refractivity contribution in [3.8, 4) is 6.07 Å². The summed E-state index contributed by atoms with van der Waals surface area (Å²) < 4.78 is 37.7. The van der Waals surface area contributed by atoms with Gasteiger partial charge in [0.2, 0.25) is 0 Å². The average Bonchev–Trinajstić information content (AvgIpc) is 2.26. The molecule has 0 aromatic heterocycles. The Morgan fingerprint density at radius 2 is 2.00 bits per heavy atom. The van der Waals surface area contributed by atoms with Crippen LogP contribution in [-0.2, 0) is 12.8 Å². The van der Waals surface area contributed by atoms with E-state index in [1.165, 1.54) is 0 Å². The van der Waals surface area contributed by atoms with E-state index < -0.39 is 12.1 Å². The highest BCUT2D eigenvalue weighted by Crippen LogP contribution is 2.37. The number of nitrogens with zero attached hydrogens (tertiary/aromatic N) is 1. The van der Waals surface area contributed by atoms with Crippen molar-refractivity contribution < 1.29 is 13.2 Å². The van der Waals surface area contributed by atoms with Crippen LogP contribution in [0.25, 0.3) is 0 Å². The first-order valence-corrected chi connectivity index (χ1v) is 5.09. The molecule has 0 heterocycles.